The zero-order valence-corrected chi connectivity index (χ0v) is 7.41. The molecule has 1 aliphatic rings. The number of aldehydes is 1. The van der Waals surface area contributed by atoms with Gasteiger partial charge in [-0.25, -0.2) is 0 Å². The van der Waals surface area contributed by atoms with Crippen LogP contribution in [-0.2, 0) is 4.79 Å². The van der Waals surface area contributed by atoms with Crippen LogP contribution in [0.1, 0.15) is 32.1 Å². The van der Waals surface area contributed by atoms with Gasteiger partial charge in [0, 0.05) is 6.04 Å². The van der Waals surface area contributed by atoms with Crippen molar-refractivity contribution in [3.63, 3.8) is 0 Å². The SMILES string of the molecule is NC1CCC(C[C@@H](N)C=O)CC1. The van der Waals surface area contributed by atoms with Crippen molar-refractivity contribution in [2.75, 3.05) is 0 Å². The van der Waals surface area contributed by atoms with Crippen LogP contribution in [0.2, 0.25) is 0 Å². The normalized spacial score (nSPS) is 32.8. The largest absolute Gasteiger partial charge is 0.328 e. The summed E-state index contributed by atoms with van der Waals surface area (Å²) in [6.45, 7) is 0. The number of hydrogen-bond donors (Lipinski definition) is 2. The summed E-state index contributed by atoms with van der Waals surface area (Å²) in [5.41, 5.74) is 11.3. The smallest absolute Gasteiger partial charge is 0.136 e. The van der Waals surface area contributed by atoms with Gasteiger partial charge in [-0.2, -0.15) is 0 Å². The molecule has 3 heteroatoms. The summed E-state index contributed by atoms with van der Waals surface area (Å²) in [5, 5.41) is 0. The minimum atomic E-state index is -0.260. The van der Waals surface area contributed by atoms with E-state index in [9.17, 15) is 4.79 Å². The van der Waals surface area contributed by atoms with Gasteiger partial charge in [0.1, 0.15) is 6.29 Å². The summed E-state index contributed by atoms with van der Waals surface area (Å²) in [4.78, 5) is 10.3. The molecule has 0 aliphatic heterocycles. The van der Waals surface area contributed by atoms with E-state index in [4.69, 9.17) is 11.5 Å². The van der Waals surface area contributed by atoms with E-state index >= 15 is 0 Å². The lowest BCUT2D eigenvalue weighted by molar-refractivity contribution is -0.109. The topological polar surface area (TPSA) is 69.1 Å². The van der Waals surface area contributed by atoms with Gasteiger partial charge < -0.3 is 16.3 Å². The lowest BCUT2D eigenvalue weighted by Crippen LogP contribution is -2.31. The van der Waals surface area contributed by atoms with E-state index in [1.54, 1.807) is 0 Å². The van der Waals surface area contributed by atoms with Crippen LogP contribution in [0.3, 0.4) is 0 Å². The number of nitrogens with two attached hydrogens (primary N) is 2. The predicted molar refractivity (Wildman–Crippen MR) is 48.6 cm³/mol. The Morgan fingerprint density at radius 1 is 1.33 bits per heavy atom. The standard InChI is InChI=1S/C9H18N2O/c10-8-3-1-7(2-4-8)5-9(11)6-12/h6-9H,1-5,10-11H2/t7?,8?,9-/m1/s1. The van der Waals surface area contributed by atoms with E-state index < -0.39 is 0 Å². The molecule has 0 unspecified atom stereocenters. The van der Waals surface area contributed by atoms with Crippen LogP contribution < -0.4 is 11.5 Å². The second-order valence-corrected chi connectivity index (χ2v) is 3.82. The molecule has 0 aromatic carbocycles. The van der Waals surface area contributed by atoms with Crippen molar-refractivity contribution in [1.82, 2.24) is 0 Å². The highest BCUT2D eigenvalue weighted by Gasteiger charge is 2.19. The molecule has 1 fully saturated rings. The summed E-state index contributed by atoms with van der Waals surface area (Å²) < 4.78 is 0. The first-order valence-electron chi connectivity index (χ1n) is 4.69. The van der Waals surface area contributed by atoms with Crippen molar-refractivity contribution in [2.45, 2.75) is 44.2 Å². The first-order valence-corrected chi connectivity index (χ1v) is 4.69. The highest BCUT2D eigenvalue weighted by Crippen LogP contribution is 2.26. The molecule has 0 spiro atoms. The first kappa shape index (κ1) is 9.68. The van der Waals surface area contributed by atoms with Gasteiger partial charge in [0.15, 0.2) is 0 Å². The molecule has 0 saturated heterocycles. The number of carbonyl (C=O) groups excluding carboxylic acids is 1. The Morgan fingerprint density at radius 3 is 2.42 bits per heavy atom. The highest BCUT2D eigenvalue weighted by atomic mass is 16.1. The molecular formula is C9H18N2O. The zero-order valence-electron chi connectivity index (χ0n) is 7.41. The third-order valence-electron chi connectivity index (χ3n) is 2.67. The molecule has 0 aromatic rings. The average Bonchev–Trinajstić information content (AvgIpc) is 2.09. The minimum Gasteiger partial charge on any atom is -0.328 e. The van der Waals surface area contributed by atoms with Crippen LogP contribution in [-0.4, -0.2) is 18.4 Å². The average molecular weight is 170 g/mol. The van der Waals surface area contributed by atoms with E-state index in [-0.39, 0.29) is 6.04 Å². The quantitative estimate of drug-likeness (QED) is 0.603. The Balaban J connectivity index is 2.21. The van der Waals surface area contributed by atoms with E-state index in [1.165, 1.54) is 0 Å². The van der Waals surface area contributed by atoms with Gasteiger partial charge in [-0.15, -0.1) is 0 Å². The molecular weight excluding hydrogens is 152 g/mol. The fourth-order valence-corrected chi connectivity index (χ4v) is 1.86. The summed E-state index contributed by atoms with van der Waals surface area (Å²) in [5.74, 6) is 0.630. The molecule has 1 aliphatic carbocycles. The Morgan fingerprint density at radius 2 is 1.92 bits per heavy atom. The molecule has 0 bridgehead atoms. The second-order valence-electron chi connectivity index (χ2n) is 3.82. The minimum absolute atomic E-state index is 0.260. The van der Waals surface area contributed by atoms with Gasteiger partial charge in [0.2, 0.25) is 0 Å². The molecule has 12 heavy (non-hydrogen) atoms. The van der Waals surface area contributed by atoms with Gasteiger partial charge >= 0.3 is 0 Å². The summed E-state index contributed by atoms with van der Waals surface area (Å²) in [7, 11) is 0. The predicted octanol–water partition coefficient (Wildman–Crippen LogP) is 0.420. The van der Waals surface area contributed by atoms with Crippen molar-refractivity contribution >= 4 is 6.29 Å². The van der Waals surface area contributed by atoms with Crippen LogP contribution in [0, 0.1) is 5.92 Å². The third kappa shape index (κ3) is 2.91. The van der Waals surface area contributed by atoms with Crippen molar-refractivity contribution in [3.8, 4) is 0 Å². The van der Waals surface area contributed by atoms with Crippen LogP contribution in [0.15, 0.2) is 0 Å². The van der Waals surface area contributed by atoms with Crippen molar-refractivity contribution < 1.29 is 4.79 Å². The lowest BCUT2D eigenvalue weighted by Gasteiger charge is -2.26. The summed E-state index contributed by atoms with van der Waals surface area (Å²) in [6, 6.07) is 0.123. The Kier molecular flexibility index (Phi) is 3.69. The molecule has 1 rings (SSSR count). The number of hydrogen-bond acceptors (Lipinski definition) is 3. The Hall–Kier alpha value is -0.410. The first-order chi connectivity index (χ1) is 5.72. The van der Waals surface area contributed by atoms with E-state index in [0.717, 1.165) is 38.4 Å². The monoisotopic (exact) mass is 170 g/mol. The van der Waals surface area contributed by atoms with Gasteiger partial charge in [0.05, 0.1) is 6.04 Å². The zero-order chi connectivity index (χ0) is 8.97. The van der Waals surface area contributed by atoms with Crippen LogP contribution in [0.5, 0.6) is 0 Å². The van der Waals surface area contributed by atoms with Crippen molar-refractivity contribution in [3.05, 3.63) is 0 Å². The molecule has 4 N–H and O–H groups in total. The molecule has 1 saturated carbocycles. The molecule has 0 heterocycles. The number of carbonyl (C=O) groups is 1. The summed E-state index contributed by atoms with van der Waals surface area (Å²) >= 11 is 0. The molecule has 3 nitrogen and oxygen atoms in total. The Labute approximate surface area is 73.5 Å². The lowest BCUT2D eigenvalue weighted by atomic mass is 9.83. The fourth-order valence-electron chi connectivity index (χ4n) is 1.86. The number of rotatable bonds is 3. The highest BCUT2D eigenvalue weighted by molar-refractivity contribution is 5.56. The van der Waals surface area contributed by atoms with E-state index in [1.807, 2.05) is 0 Å². The van der Waals surface area contributed by atoms with Gasteiger partial charge in [-0.05, 0) is 38.0 Å². The van der Waals surface area contributed by atoms with Crippen molar-refractivity contribution in [1.29, 1.82) is 0 Å². The van der Waals surface area contributed by atoms with Crippen LogP contribution >= 0.6 is 0 Å². The molecule has 1 atom stereocenters. The third-order valence-corrected chi connectivity index (χ3v) is 2.67. The fraction of sp³-hybridized carbons (Fsp3) is 0.889. The summed E-state index contributed by atoms with van der Waals surface area (Å²) in [6.07, 6.45) is 6.16. The van der Waals surface area contributed by atoms with Crippen LogP contribution in [0.4, 0.5) is 0 Å². The van der Waals surface area contributed by atoms with Crippen molar-refractivity contribution in [2.24, 2.45) is 17.4 Å². The van der Waals surface area contributed by atoms with Gasteiger partial charge in [-0.1, -0.05) is 0 Å². The maximum Gasteiger partial charge on any atom is 0.136 e. The van der Waals surface area contributed by atoms with Crippen LogP contribution in [0.25, 0.3) is 0 Å². The van der Waals surface area contributed by atoms with Gasteiger partial charge in [-0.3, -0.25) is 0 Å². The molecule has 0 aromatic heterocycles. The molecule has 0 radical (unpaired) electrons. The second kappa shape index (κ2) is 4.58. The Bertz CT molecular complexity index is 141. The molecule has 70 valence electrons. The maximum atomic E-state index is 10.3. The van der Waals surface area contributed by atoms with E-state index in [0.29, 0.717) is 12.0 Å². The van der Waals surface area contributed by atoms with Gasteiger partial charge in [0.25, 0.3) is 0 Å². The van der Waals surface area contributed by atoms with E-state index in [2.05, 4.69) is 0 Å². The molecule has 0 amide bonds. The maximum absolute atomic E-state index is 10.3.